The molecule has 5 aromatic rings. The second-order valence-electron chi connectivity index (χ2n) is 8.37. The number of ether oxygens (including phenoxy) is 1. The van der Waals surface area contributed by atoms with Crippen LogP contribution in [0.1, 0.15) is 17.0 Å². The lowest BCUT2D eigenvalue weighted by atomic mass is 10.0. The van der Waals surface area contributed by atoms with Crippen molar-refractivity contribution in [3.8, 4) is 16.9 Å². The lowest BCUT2D eigenvalue weighted by molar-refractivity contribution is 0.356. The van der Waals surface area contributed by atoms with Gasteiger partial charge < -0.3 is 15.0 Å². The van der Waals surface area contributed by atoms with Crippen molar-refractivity contribution in [1.29, 1.82) is 0 Å². The van der Waals surface area contributed by atoms with Gasteiger partial charge in [-0.15, -0.1) is 15.3 Å². The maximum atomic E-state index is 14.6. The van der Waals surface area contributed by atoms with Crippen molar-refractivity contribution >= 4 is 23.1 Å². The Labute approximate surface area is 194 Å². The van der Waals surface area contributed by atoms with E-state index in [4.69, 9.17) is 4.74 Å². The number of hydrogen-bond donors (Lipinski definition) is 1. The Bertz CT molecular complexity index is 1560. The van der Waals surface area contributed by atoms with Crippen LogP contribution in [0.2, 0.25) is 0 Å². The van der Waals surface area contributed by atoms with Crippen LogP contribution in [0.5, 0.6) is 5.75 Å². The van der Waals surface area contributed by atoms with E-state index < -0.39 is 0 Å². The van der Waals surface area contributed by atoms with Gasteiger partial charge in [-0.2, -0.15) is 4.52 Å². The second kappa shape index (κ2) is 7.65. The van der Waals surface area contributed by atoms with Crippen LogP contribution in [-0.2, 0) is 13.0 Å². The molecule has 6 rings (SSSR count). The number of aromatic nitrogens is 7. The van der Waals surface area contributed by atoms with E-state index in [1.807, 2.05) is 42.6 Å². The van der Waals surface area contributed by atoms with Crippen LogP contribution < -0.4 is 15.0 Å². The Morgan fingerprint density at radius 1 is 1.15 bits per heavy atom. The van der Waals surface area contributed by atoms with Crippen molar-refractivity contribution in [1.82, 2.24) is 34.2 Å². The average molecular weight is 459 g/mol. The summed E-state index contributed by atoms with van der Waals surface area (Å²) in [5, 5.41) is 16.2. The monoisotopic (exact) mass is 459 g/mol. The fourth-order valence-electron chi connectivity index (χ4n) is 4.41. The van der Waals surface area contributed by atoms with Crippen LogP contribution in [0.4, 0.5) is 16.2 Å². The number of fused-ring (bicyclic) bond motifs is 3. The van der Waals surface area contributed by atoms with Gasteiger partial charge in [0.25, 0.3) is 0 Å². The average Bonchev–Trinajstić information content (AvgIpc) is 3.56. The predicted octanol–water partition coefficient (Wildman–Crippen LogP) is 2.89. The van der Waals surface area contributed by atoms with Crippen LogP contribution in [0.15, 0.2) is 36.8 Å². The minimum Gasteiger partial charge on any atom is -0.493 e. The largest absolute Gasteiger partial charge is 0.493 e. The third-order valence-electron chi connectivity index (χ3n) is 6.02. The Kier molecular flexibility index (Phi) is 4.57. The van der Waals surface area contributed by atoms with Gasteiger partial charge in [-0.05, 0) is 31.2 Å². The third-order valence-corrected chi connectivity index (χ3v) is 6.02. The molecule has 1 aromatic carbocycles. The van der Waals surface area contributed by atoms with Gasteiger partial charge in [0.05, 0.1) is 6.61 Å². The fourth-order valence-corrected chi connectivity index (χ4v) is 4.41. The summed E-state index contributed by atoms with van der Waals surface area (Å²) in [6.07, 6.45) is 4.01. The standard InChI is InChI=1S/C23H22FN9O/c1-13-28-21-15(4-7-20(31(2)3)33(21)30-13)17-11-26-23(32-12-27-29-22(17)32)25-10-16-14-8-9-34-19(14)6-5-18(16)24/h4-7,11-12H,8-10H2,1-3H3,(H,25,26). The Morgan fingerprint density at radius 2 is 2.03 bits per heavy atom. The van der Waals surface area contributed by atoms with Gasteiger partial charge in [0.1, 0.15) is 29.5 Å². The molecule has 0 bridgehead atoms. The predicted molar refractivity (Wildman–Crippen MR) is 125 cm³/mol. The van der Waals surface area contributed by atoms with Crippen molar-refractivity contribution in [3.63, 3.8) is 0 Å². The molecule has 11 heteroatoms. The summed E-state index contributed by atoms with van der Waals surface area (Å²) in [5.41, 5.74) is 4.41. The van der Waals surface area contributed by atoms with Crippen molar-refractivity contribution in [3.05, 3.63) is 59.6 Å². The quantitative estimate of drug-likeness (QED) is 0.429. The zero-order valence-electron chi connectivity index (χ0n) is 18.9. The molecule has 0 atom stereocenters. The molecule has 1 aliphatic rings. The first kappa shape index (κ1) is 20.3. The summed E-state index contributed by atoms with van der Waals surface area (Å²) < 4.78 is 23.7. The number of nitrogens with one attached hydrogen (secondary N) is 1. The van der Waals surface area contributed by atoms with Gasteiger partial charge in [0.15, 0.2) is 11.3 Å². The highest BCUT2D eigenvalue weighted by Gasteiger charge is 2.21. The first-order valence-electron chi connectivity index (χ1n) is 10.9. The van der Waals surface area contributed by atoms with Crippen molar-refractivity contribution < 1.29 is 9.13 Å². The molecule has 0 spiro atoms. The number of rotatable bonds is 5. The Hall–Kier alpha value is -4.28. The molecule has 172 valence electrons. The molecule has 34 heavy (non-hydrogen) atoms. The lowest BCUT2D eigenvalue weighted by Crippen LogP contribution is -2.14. The summed E-state index contributed by atoms with van der Waals surface area (Å²) in [6.45, 7) is 2.69. The molecule has 0 saturated heterocycles. The lowest BCUT2D eigenvalue weighted by Gasteiger charge is -2.15. The van der Waals surface area contributed by atoms with Crippen LogP contribution >= 0.6 is 0 Å². The zero-order valence-corrected chi connectivity index (χ0v) is 18.9. The zero-order chi connectivity index (χ0) is 23.4. The van der Waals surface area contributed by atoms with E-state index >= 15 is 0 Å². The van der Waals surface area contributed by atoms with Crippen LogP contribution in [0, 0.1) is 12.7 Å². The number of hydrogen-bond acceptors (Lipinski definition) is 8. The minimum absolute atomic E-state index is 0.265. The molecule has 0 fully saturated rings. The summed E-state index contributed by atoms with van der Waals surface area (Å²) in [5.74, 6) is 2.56. The molecule has 0 amide bonds. The number of nitrogens with zero attached hydrogens (tertiary/aromatic N) is 8. The molecule has 5 heterocycles. The number of pyridine rings is 1. The molecule has 1 N–H and O–H groups in total. The molecule has 0 aliphatic carbocycles. The summed E-state index contributed by atoms with van der Waals surface area (Å²) in [4.78, 5) is 11.2. The van der Waals surface area contributed by atoms with E-state index in [2.05, 4.69) is 30.6 Å². The van der Waals surface area contributed by atoms with Gasteiger partial charge in [-0.3, -0.25) is 4.40 Å². The Balaban J connectivity index is 1.41. The summed E-state index contributed by atoms with van der Waals surface area (Å²) in [6, 6.07) is 7.09. The number of anilines is 2. The topological polar surface area (TPSA) is 97.8 Å². The first-order chi connectivity index (χ1) is 16.5. The van der Waals surface area contributed by atoms with Gasteiger partial charge in [-0.25, -0.2) is 14.4 Å². The second-order valence-corrected chi connectivity index (χ2v) is 8.37. The number of halogens is 1. The molecule has 4 aromatic heterocycles. The molecule has 10 nitrogen and oxygen atoms in total. The van der Waals surface area contributed by atoms with Gasteiger partial charge in [-0.1, -0.05) is 0 Å². The van der Waals surface area contributed by atoms with Crippen molar-refractivity contribution in [2.24, 2.45) is 0 Å². The van der Waals surface area contributed by atoms with Crippen LogP contribution in [-0.4, -0.2) is 54.9 Å². The molecular formula is C23H22FN9O. The van der Waals surface area contributed by atoms with E-state index in [0.717, 1.165) is 28.3 Å². The van der Waals surface area contributed by atoms with E-state index in [0.29, 0.717) is 41.7 Å². The molecular weight excluding hydrogens is 437 g/mol. The molecule has 1 aliphatic heterocycles. The van der Waals surface area contributed by atoms with E-state index in [1.165, 1.54) is 6.07 Å². The smallest absolute Gasteiger partial charge is 0.210 e. The summed E-state index contributed by atoms with van der Waals surface area (Å²) in [7, 11) is 3.92. The van der Waals surface area contributed by atoms with Crippen molar-refractivity contribution in [2.75, 3.05) is 30.9 Å². The highest BCUT2D eigenvalue weighted by atomic mass is 19.1. The van der Waals surface area contributed by atoms with E-state index in [9.17, 15) is 4.39 Å². The fraction of sp³-hybridized carbons (Fsp3) is 0.261. The minimum atomic E-state index is -0.265. The van der Waals surface area contributed by atoms with Crippen molar-refractivity contribution in [2.45, 2.75) is 19.9 Å². The third kappa shape index (κ3) is 3.11. The normalized spacial score (nSPS) is 12.8. The maximum Gasteiger partial charge on any atom is 0.210 e. The van der Waals surface area contributed by atoms with Gasteiger partial charge >= 0.3 is 0 Å². The van der Waals surface area contributed by atoms with Gasteiger partial charge in [0.2, 0.25) is 5.95 Å². The first-order valence-corrected chi connectivity index (χ1v) is 10.9. The molecule has 0 saturated carbocycles. The van der Waals surface area contributed by atoms with Crippen LogP contribution in [0.25, 0.3) is 22.4 Å². The Morgan fingerprint density at radius 3 is 2.88 bits per heavy atom. The SMILES string of the molecule is Cc1nc2c(-c3cnc(NCc4c(F)ccc5c4CCO5)n4cnnc34)ccc(N(C)C)n2n1. The highest BCUT2D eigenvalue weighted by molar-refractivity contribution is 5.87. The van der Waals surface area contributed by atoms with Crippen LogP contribution in [0.3, 0.4) is 0 Å². The maximum absolute atomic E-state index is 14.6. The van der Waals surface area contributed by atoms with Gasteiger partial charge in [0, 0.05) is 55.5 Å². The van der Waals surface area contributed by atoms with E-state index in [1.54, 1.807) is 23.0 Å². The molecule has 0 radical (unpaired) electrons. The number of aryl methyl sites for hydroxylation is 1. The number of benzene rings is 1. The molecule has 0 unspecified atom stereocenters. The highest BCUT2D eigenvalue weighted by Crippen LogP contribution is 2.32. The van der Waals surface area contributed by atoms with E-state index in [-0.39, 0.29) is 12.4 Å². The summed E-state index contributed by atoms with van der Waals surface area (Å²) >= 11 is 0.